The Bertz CT molecular complexity index is 599. The van der Waals surface area contributed by atoms with Gasteiger partial charge in [-0.15, -0.1) is 0 Å². The smallest absolute Gasteiger partial charge is 0.313 e. The Morgan fingerprint density at radius 2 is 1.95 bits per heavy atom. The topological polar surface area (TPSA) is 96.2 Å². The third-order valence-corrected chi connectivity index (χ3v) is 6.04. The minimum atomic E-state index is -1.74. The van der Waals surface area contributed by atoms with Crippen molar-refractivity contribution in [2.45, 2.75) is 43.5 Å². The third kappa shape index (κ3) is 1.09. The molecule has 6 nitrogen and oxygen atoms in total. The number of aliphatic hydroxyl groups is 3. The van der Waals surface area contributed by atoms with Crippen LogP contribution in [-0.2, 0) is 14.3 Å². The molecule has 6 heteroatoms. The van der Waals surface area contributed by atoms with E-state index in [1.165, 1.54) is 12.2 Å². The lowest BCUT2D eigenvalue weighted by Crippen LogP contribution is -2.67. The number of carbonyl (C=O) groups is 1. The van der Waals surface area contributed by atoms with Gasteiger partial charge in [0.2, 0.25) is 0 Å². The first kappa shape index (κ1) is 13.5. The summed E-state index contributed by atoms with van der Waals surface area (Å²) in [6, 6.07) is 0. The van der Waals surface area contributed by atoms with Crippen LogP contribution in [0.1, 0.15) is 13.8 Å². The van der Waals surface area contributed by atoms with Crippen molar-refractivity contribution in [2.75, 3.05) is 0 Å². The molecule has 0 aromatic heterocycles. The summed E-state index contributed by atoms with van der Waals surface area (Å²) in [5.74, 6) is -1.77. The van der Waals surface area contributed by atoms with Crippen LogP contribution in [0.25, 0.3) is 0 Å². The van der Waals surface area contributed by atoms with Gasteiger partial charge < -0.3 is 24.8 Å². The maximum atomic E-state index is 12.3. The monoisotopic (exact) mass is 294 g/mol. The highest BCUT2D eigenvalue weighted by molar-refractivity contribution is 5.80. The lowest BCUT2D eigenvalue weighted by Gasteiger charge is -2.52. The van der Waals surface area contributed by atoms with Crippen LogP contribution in [-0.4, -0.2) is 51.0 Å². The molecule has 2 bridgehead atoms. The van der Waals surface area contributed by atoms with E-state index in [9.17, 15) is 20.1 Å². The molecule has 0 aromatic carbocycles. The van der Waals surface area contributed by atoms with Crippen LogP contribution < -0.4 is 0 Å². The number of rotatable bonds is 1. The molecule has 3 N–H and O–H groups in total. The number of esters is 1. The summed E-state index contributed by atoms with van der Waals surface area (Å²) in [4.78, 5) is 12.3. The molecule has 114 valence electrons. The number of carbonyl (C=O) groups excluding carboxylic acids is 1. The van der Waals surface area contributed by atoms with Crippen molar-refractivity contribution in [2.24, 2.45) is 17.3 Å². The van der Waals surface area contributed by atoms with Crippen LogP contribution in [0.2, 0.25) is 0 Å². The van der Waals surface area contributed by atoms with E-state index in [2.05, 4.69) is 6.58 Å². The summed E-state index contributed by atoms with van der Waals surface area (Å²) in [6.45, 7) is 7.29. The fraction of sp³-hybridized carbons (Fsp3) is 0.667. The molecule has 0 amide bonds. The molecule has 1 unspecified atom stereocenters. The molecule has 4 rings (SSSR count). The first-order valence-electron chi connectivity index (χ1n) is 7.03. The van der Waals surface area contributed by atoms with Gasteiger partial charge >= 0.3 is 5.97 Å². The van der Waals surface area contributed by atoms with Crippen LogP contribution >= 0.6 is 0 Å². The molecule has 2 heterocycles. The third-order valence-electron chi connectivity index (χ3n) is 6.04. The van der Waals surface area contributed by atoms with Gasteiger partial charge in [0.1, 0.15) is 29.3 Å². The normalized spacial score (nSPS) is 60.0. The SMILES string of the molecule is C=C(C)[C@@H]1[C@H]2OC(=O)[C@@H]1[C@]1(O)C=C[C@]3(O)C(O)O[C@H]2[C@]13C. The lowest BCUT2D eigenvalue weighted by atomic mass is 9.52. The summed E-state index contributed by atoms with van der Waals surface area (Å²) in [5.41, 5.74) is -3.92. The van der Waals surface area contributed by atoms with Crippen molar-refractivity contribution in [3.8, 4) is 0 Å². The average molecular weight is 294 g/mol. The summed E-state index contributed by atoms with van der Waals surface area (Å²) in [5, 5.41) is 32.1. The van der Waals surface area contributed by atoms with Gasteiger partial charge in [0.05, 0.1) is 5.41 Å². The molecule has 4 aliphatic rings. The first-order valence-corrected chi connectivity index (χ1v) is 7.03. The van der Waals surface area contributed by atoms with E-state index in [0.29, 0.717) is 5.57 Å². The van der Waals surface area contributed by atoms with E-state index >= 15 is 0 Å². The van der Waals surface area contributed by atoms with Crippen LogP contribution in [0.5, 0.6) is 0 Å². The number of ether oxygens (including phenoxy) is 2. The fourth-order valence-electron chi connectivity index (χ4n) is 4.81. The van der Waals surface area contributed by atoms with Gasteiger partial charge in [0, 0.05) is 5.92 Å². The minimum absolute atomic E-state index is 0.405. The quantitative estimate of drug-likeness (QED) is 0.445. The van der Waals surface area contributed by atoms with Gasteiger partial charge in [-0.05, 0) is 13.0 Å². The summed E-state index contributed by atoms with van der Waals surface area (Å²) >= 11 is 0. The Morgan fingerprint density at radius 1 is 1.33 bits per heavy atom. The minimum Gasteiger partial charge on any atom is -0.459 e. The van der Waals surface area contributed by atoms with Crippen molar-refractivity contribution < 1.29 is 29.6 Å². The Hall–Kier alpha value is -1.21. The van der Waals surface area contributed by atoms with Crippen LogP contribution in [0.3, 0.4) is 0 Å². The van der Waals surface area contributed by atoms with Crippen molar-refractivity contribution >= 4 is 5.97 Å². The number of fused-ring (bicyclic) bond motifs is 4. The molecular weight excluding hydrogens is 276 g/mol. The van der Waals surface area contributed by atoms with Gasteiger partial charge in [0.15, 0.2) is 6.29 Å². The molecule has 1 saturated carbocycles. The number of hydrogen-bond donors (Lipinski definition) is 3. The molecule has 8 atom stereocenters. The van der Waals surface area contributed by atoms with Crippen LogP contribution in [0.15, 0.2) is 24.3 Å². The lowest BCUT2D eigenvalue weighted by molar-refractivity contribution is -0.182. The summed E-state index contributed by atoms with van der Waals surface area (Å²) in [6.07, 6.45) is -0.173. The molecule has 0 aromatic rings. The maximum absolute atomic E-state index is 12.3. The van der Waals surface area contributed by atoms with Crippen LogP contribution in [0.4, 0.5) is 0 Å². The zero-order valence-corrected chi connectivity index (χ0v) is 11.8. The molecule has 2 aliphatic carbocycles. The van der Waals surface area contributed by atoms with E-state index in [1.807, 2.05) is 0 Å². The standard InChI is InChI=1S/C15H18O6/c1-6(2)7-8-11(16)20-9(7)10-13(3)14(8,18)4-5-15(13,19)12(17)21-10/h4-5,7-10,12,17-19H,1H2,2-3H3/t7-,8+,9+,10+,12?,13+,14+,15-/m0/s1. The second-order valence-corrected chi connectivity index (χ2v) is 6.85. The van der Waals surface area contributed by atoms with Gasteiger partial charge in [-0.3, -0.25) is 4.79 Å². The second-order valence-electron chi connectivity index (χ2n) is 6.85. The van der Waals surface area contributed by atoms with E-state index in [4.69, 9.17) is 9.47 Å². The largest absolute Gasteiger partial charge is 0.459 e. The van der Waals surface area contributed by atoms with E-state index in [-0.39, 0.29) is 0 Å². The highest BCUT2D eigenvalue weighted by atomic mass is 16.7. The highest BCUT2D eigenvalue weighted by Crippen LogP contribution is 2.68. The maximum Gasteiger partial charge on any atom is 0.313 e. The van der Waals surface area contributed by atoms with Gasteiger partial charge in [-0.1, -0.05) is 25.2 Å². The predicted octanol–water partition coefficient (Wildman–Crippen LogP) is -0.511. The van der Waals surface area contributed by atoms with Crippen molar-refractivity contribution in [1.29, 1.82) is 0 Å². The highest BCUT2D eigenvalue weighted by Gasteiger charge is 2.83. The van der Waals surface area contributed by atoms with Crippen molar-refractivity contribution in [3.63, 3.8) is 0 Å². The van der Waals surface area contributed by atoms with E-state index in [1.54, 1.807) is 13.8 Å². The Balaban J connectivity index is 1.98. The fourth-order valence-corrected chi connectivity index (χ4v) is 4.81. The predicted molar refractivity (Wildman–Crippen MR) is 69.7 cm³/mol. The molecular formula is C15H18O6. The Labute approximate surface area is 121 Å². The number of hydrogen-bond acceptors (Lipinski definition) is 6. The van der Waals surface area contributed by atoms with Crippen molar-refractivity contribution in [1.82, 2.24) is 0 Å². The van der Waals surface area contributed by atoms with Gasteiger partial charge in [-0.2, -0.15) is 0 Å². The average Bonchev–Trinajstić information content (AvgIpc) is 2.91. The molecule has 21 heavy (non-hydrogen) atoms. The van der Waals surface area contributed by atoms with Crippen LogP contribution in [0, 0.1) is 17.3 Å². The number of aliphatic hydroxyl groups excluding tert-OH is 1. The summed E-state index contributed by atoms with van der Waals surface area (Å²) in [7, 11) is 0. The zero-order valence-electron chi connectivity index (χ0n) is 11.8. The second kappa shape index (κ2) is 3.41. The zero-order chi connectivity index (χ0) is 15.4. The van der Waals surface area contributed by atoms with E-state index < -0.39 is 52.9 Å². The first-order chi connectivity index (χ1) is 9.68. The molecule has 0 spiro atoms. The van der Waals surface area contributed by atoms with Gasteiger partial charge in [0.25, 0.3) is 0 Å². The molecule has 2 saturated heterocycles. The molecule has 0 radical (unpaired) electrons. The van der Waals surface area contributed by atoms with E-state index in [0.717, 1.165) is 0 Å². The molecule has 2 aliphatic heterocycles. The Kier molecular flexibility index (Phi) is 2.18. The Morgan fingerprint density at radius 3 is 2.57 bits per heavy atom. The van der Waals surface area contributed by atoms with Crippen molar-refractivity contribution in [3.05, 3.63) is 24.3 Å². The summed E-state index contributed by atoms with van der Waals surface area (Å²) < 4.78 is 10.9. The molecule has 3 fully saturated rings. The van der Waals surface area contributed by atoms with Gasteiger partial charge in [-0.25, -0.2) is 0 Å².